The molecule has 2 aliphatic carbocycles. The minimum absolute atomic E-state index is 0. The standard InChI is InChI=1S/C12H11.C8H11.2CH3.2ClH.H2Si.Zr/c1-10-7-8-12(9-10)11-5-3-2-4-6-11;1-6-4-7(2)8(3)5-6;;;;;;/h2-6,9H,8H2,1H3;4,6H,1-3H3;2*1H3;2*1H;1H2;/q4*-1;;;;. The van der Waals surface area contributed by atoms with Crippen LogP contribution in [0.5, 0.6) is 0 Å². The summed E-state index contributed by atoms with van der Waals surface area (Å²) >= 11 is 1.58. The van der Waals surface area contributed by atoms with Gasteiger partial charge in [-0.25, -0.2) is 22.8 Å². The third kappa shape index (κ3) is 11.5. The van der Waals surface area contributed by atoms with E-state index in [0.29, 0.717) is 5.92 Å². The summed E-state index contributed by atoms with van der Waals surface area (Å²) in [4.78, 5) is 0. The zero-order chi connectivity index (χ0) is 16.5. The Labute approximate surface area is 191 Å². The third-order valence-electron chi connectivity index (χ3n) is 3.63. The van der Waals surface area contributed by atoms with Crippen LogP contribution in [0, 0.1) is 32.9 Å². The molecule has 1 aromatic rings. The van der Waals surface area contributed by atoms with Gasteiger partial charge in [-0.05, 0) is 5.56 Å². The van der Waals surface area contributed by atoms with Crippen LogP contribution in [0.2, 0.25) is 0 Å². The maximum atomic E-state index is 3.29. The maximum absolute atomic E-state index is 3.29. The van der Waals surface area contributed by atoms with Crippen LogP contribution in [-0.4, -0.2) is 6.88 Å². The molecule has 1 atom stereocenters. The molecule has 4 heteroatoms. The predicted molar refractivity (Wildman–Crippen MR) is 123 cm³/mol. The van der Waals surface area contributed by atoms with Crippen LogP contribution in [0.15, 0.2) is 59.2 Å². The van der Waals surface area contributed by atoms with E-state index in [2.05, 4.69) is 76.3 Å². The van der Waals surface area contributed by atoms with Gasteiger partial charge >= 0.3 is 30.2 Å². The number of allylic oxidation sites excluding steroid dienone is 8. The van der Waals surface area contributed by atoms with Crippen molar-refractivity contribution in [1.29, 1.82) is 0 Å². The van der Waals surface area contributed by atoms with Crippen LogP contribution in [0.1, 0.15) is 39.7 Å². The first-order valence-electron chi connectivity index (χ1n) is 7.54. The van der Waals surface area contributed by atoms with Crippen LogP contribution in [0.4, 0.5) is 0 Å². The predicted octanol–water partition coefficient (Wildman–Crippen LogP) is 6.38. The molecule has 2 aliphatic rings. The minimum atomic E-state index is 0. The average Bonchev–Trinajstić information content (AvgIpc) is 3.08. The topological polar surface area (TPSA) is 0 Å². The molecule has 0 spiro atoms. The van der Waals surface area contributed by atoms with Crippen LogP contribution in [-0.2, 0) is 23.3 Å². The molecule has 26 heavy (non-hydrogen) atoms. The van der Waals surface area contributed by atoms with Crippen molar-refractivity contribution in [2.24, 2.45) is 5.92 Å². The molecule has 0 saturated carbocycles. The van der Waals surface area contributed by atoms with Crippen molar-refractivity contribution in [3.63, 3.8) is 0 Å². The second-order valence-corrected chi connectivity index (χ2v) is 5.48. The number of benzene rings is 1. The van der Waals surface area contributed by atoms with Gasteiger partial charge in [0, 0.05) is 0 Å². The van der Waals surface area contributed by atoms with Gasteiger partial charge in [0.25, 0.3) is 0 Å². The van der Waals surface area contributed by atoms with Crippen molar-refractivity contribution < 1.29 is 23.3 Å². The summed E-state index contributed by atoms with van der Waals surface area (Å²) < 4.78 is 0. The van der Waals surface area contributed by atoms with Crippen molar-refractivity contribution in [3.05, 3.63) is 91.8 Å². The summed E-state index contributed by atoms with van der Waals surface area (Å²) in [6.07, 6.45) is 12.0. The Bertz CT molecular complexity index is 598. The zero-order valence-electron chi connectivity index (χ0n) is 16.8. The molecule has 1 aromatic carbocycles. The van der Waals surface area contributed by atoms with E-state index in [4.69, 9.17) is 0 Å². The van der Waals surface area contributed by atoms with Crippen LogP contribution in [0.25, 0.3) is 5.57 Å². The molecule has 0 radical (unpaired) electrons. The molecule has 0 aliphatic heterocycles. The van der Waals surface area contributed by atoms with Gasteiger partial charge in [0.05, 0.1) is 0 Å². The van der Waals surface area contributed by atoms with Gasteiger partial charge in [-0.2, -0.15) is 6.08 Å². The molecule has 0 bridgehead atoms. The van der Waals surface area contributed by atoms with E-state index in [1.165, 1.54) is 27.9 Å². The van der Waals surface area contributed by atoms with Gasteiger partial charge < -0.3 is 14.9 Å². The van der Waals surface area contributed by atoms with Gasteiger partial charge in [0.15, 0.2) is 0 Å². The van der Waals surface area contributed by atoms with Crippen LogP contribution >= 0.6 is 24.8 Å². The molecule has 0 N–H and O–H groups in total. The molecule has 0 heterocycles. The van der Waals surface area contributed by atoms with Crippen molar-refractivity contribution in [2.75, 3.05) is 0 Å². The van der Waals surface area contributed by atoms with E-state index in [0.717, 1.165) is 6.42 Å². The average molecular weight is 487 g/mol. The van der Waals surface area contributed by atoms with Crippen molar-refractivity contribution >= 4 is 37.3 Å². The molecule has 0 fully saturated rings. The Balaban J connectivity index is -0.000000156. The number of rotatable bonds is 1. The summed E-state index contributed by atoms with van der Waals surface area (Å²) in [6, 6.07) is 10.5. The van der Waals surface area contributed by atoms with Gasteiger partial charge in [0.2, 0.25) is 0 Å². The Kier molecular flexibility index (Phi) is 23.5. The van der Waals surface area contributed by atoms with Gasteiger partial charge in [-0.15, -0.1) is 43.7 Å². The van der Waals surface area contributed by atoms with Crippen molar-refractivity contribution in [3.8, 4) is 0 Å². The Morgan fingerprint density at radius 3 is 1.85 bits per heavy atom. The van der Waals surface area contributed by atoms with Gasteiger partial charge in [-0.1, -0.05) is 57.0 Å². The van der Waals surface area contributed by atoms with Gasteiger partial charge in [0.1, 0.15) is 0 Å². The van der Waals surface area contributed by atoms with E-state index in [1.54, 1.807) is 23.3 Å². The number of hydrogen-bond acceptors (Lipinski definition) is 0. The fraction of sp³-hybridized carbons (Fsp3) is 0.273. The van der Waals surface area contributed by atoms with E-state index in [1.807, 2.05) is 12.9 Å². The summed E-state index contributed by atoms with van der Waals surface area (Å²) in [5.41, 5.74) is 6.67. The fourth-order valence-corrected chi connectivity index (χ4v) is 2.43. The molecule has 146 valence electrons. The van der Waals surface area contributed by atoms with Crippen molar-refractivity contribution in [1.82, 2.24) is 0 Å². The normalized spacial score (nSPS) is 15.9. The van der Waals surface area contributed by atoms with Crippen LogP contribution < -0.4 is 0 Å². The molecule has 0 saturated heterocycles. The van der Waals surface area contributed by atoms with E-state index in [-0.39, 0.29) is 39.7 Å². The first-order chi connectivity index (χ1) is 10.6. The molecule has 3 rings (SSSR count). The Morgan fingerprint density at radius 1 is 1.00 bits per heavy atom. The number of hydrogen-bond donors (Lipinski definition) is 0. The van der Waals surface area contributed by atoms with Crippen molar-refractivity contribution in [2.45, 2.75) is 34.1 Å². The summed E-state index contributed by atoms with van der Waals surface area (Å²) in [5.74, 6) is 0.551. The molecular weight excluding hydrogens is 454 g/mol. The second-order valence-electron chi connectivity index (χ2n) is 5.48. The first-order valence-corrected chi connectivity index (χ1v) is 13.5. The number of halogens is 2. The molecule has 0 amide bonds. The Hall–Kier alpha value is -0.140. The molecular formula is C22H32Cl2SiZr-4. The third-order valence-corrected chi connectivity index (χ3v) is 3.63. The zero-order valence-corrected chi connectivity index (χ0v) is 22.4. The second kappa shape index (κ2) is 18.2. The monoisotopic (exact) mass is 484 g/mol. The summed E-state index contributed by atoms with van der Waals surface area (Å²) in [6.45, 7) is 10.4. The van der Waals surface area contributed by atoms with Crippen LogP contribution in [0.3, 0.4) is 0 Å². The summed E-state index contributed by atoms with van der Waals surface area (Å²) in [7, 11) is 0. The summed E-state index contributed by atoms with van der Waals surface area (Å²) in [5, 5.41) is 0. The van der Waals surface area contributed by atoms with Gasteiger partial charge in [-0.3, -0.25) is 12.2 Å². The molecule has 0 nitrogen and oxygen atoms in total. The van der Waals surface area contributed by atoms with E-state index < -0.39 is 0 Å². The molecule has 1 unspecified atom stereocenters. The fourth-order valence-electron chi connectivity index (χ4n) is 2.43. The first kappa shape index (κ1) is 33.4. The Morgan fingerprint density at radius 2 is 1.54 bits per heavy atom. The molecule has 0 aromatic heterocycles. The van der Waals surface area contributed by atoms with E-state index in [9.17, 15) is 0 Å². The quantitative estimate of drug-likeness (QED) is 0.319. The van der Waals surface area contributed by atoms with E-state index >= 15 is 0 Å². The SMILES string of the molecule is CC1=[C-]C(C)C=C1C.CC1=[C-]CC(c2ccccc2)=C1.Cl.Cl.[CH3-].[CH3-].[SiH2]=[Zr].